The van der Waals surface area contributed by atoms with Gasteiger partial charge in [0.1, 0.15) is 0 Å². The van der Waals surface area contributed by atoms with Gasteiger partial charge in [0.05, 0.1) is 0 Å². The Bertz CT molecular complexity index is 174. The SMILES string of the molecule is CCCC1(C2CCCC2)CCCCCN1. The molecule has 0 aromatic carbocycles. The number of hydrogen-bond acceptors (Lipinski definition) is 1. The fourth-order valence-corrected chi connectivity index (χ4v) is 3.86. The third kappa shape index (κ3) is 2.55. The summed E-state index contributed by atoms with van der Waals surface area (Å²) in [6.07, 6.45) is 14.5. The zero-order valence-corrected chi connectivity index (χ0v) is 10.4. The standard InChI is InChI=1S/C14H27N/c1-2-10-14(13-8-4-5-9-13)11-6-3-7-12-15-14/h13,15H,2-12H2,1H3. The molecule has 0 radical (unpaired) electrons. The van der Waals surface area contributed by atoms with Gasteiger partial charge in [-0.2, -0.15) is 0 Å². The van der Waals surface area contributed by atoms with Crippen molar-refractivity contribution in [3.63, 3.8) is 0 Å². The van der Waals surface area contributed by atoms with Crippen LogP contribution in [0, 0.1) is 5.92 Å². The van der Waals surface area contributed by atoms with Crippen molar-refractivity contribution in [1.82, 2.24) is 5.32 Å². The summed E-state index contributed by atoms with van der Waals surface area (Å²) in [5.41, 5.74) is 0.543. The lowest BCUT2D eigenvalue weighted by molar-refractivity contribution is 0.185. The minimum Gasteiger partial charge on any atom is -0.311 e. The van der Waals surface area contributed by atoms with E-state index in [-0.39, 0.29) is 0 Å². The van der Waals surface area contributed by atoms with Gasteiger partial charge in [0.15, 0.2) is 0 Å². The monoisotopic (exact) mass is 209 g/mol. The van der Waals surface area contributed by atoms with Crippen LogP contribution in [0.2, 0.25) is 0 Å². The molecule has 1 heterocycles. The van der Waals surface area contributed by atoms with E-state index >= 15 is 0 Å². The van der Waals surface area contributed by atoms with Gasteiger partial charge >= 0.3 is 0 Å². The molecule has 0 amide bonds. The molecule has 0 aromatic rings. The maximum atomic E-state index is 3.94. The molecule has 2 fully saturated rings. The Morgan fingerprint density at radius 1 is 1.07 bits per heavy atom. The lowest BCUT2D eigenvalue weighted by Crippen LogP contribution is -2.50. The van der Waals surface area contributed by atoms with Gasteiger partial charge in [-0.1, -0.05) is 39.0 Å². The van der Waals surface area contributed by atoms with Gasteiger partial charge in [0.25, 0.3) is 0 Å². The molecule has 2 aliphatic rings. The Morgan fingerprint density at radius 2 is 1.87 bits per heavy atom. The van der Waals surface area contributed by atoms with Crippen LogP contribution in [0.3, 0.4) is 0 Å². The van der Waals surface area contributed by atoms with Crippen LogP contribution < -0.4 is 5.32 Å². The molecule has 1 saturated carbocycles. The molecule has 1 heteroatoms. The van der Waals surface area contributed by atoms with Gasteiger partial charge in [-0.25, -0.2) is 0 Å². The van der Waals surface area contributed by atoms with Crippen LogP contribution in [-0.2, 0) is 0 Å². The van der Waals surface area contributed by atoms with Crippen molar-refractivity contribution in [1.29, 1.82) is 0 Å². The fraction of sp³-hybridized carbons (Fsp3) is 1.00. The van der Waals surface area contributed by atoms with Crippen molar-refractivity contribution in [3.8, 4) is 0 Å². The molecule has 1 nitrogen and oxygen atoms in total. The van der Waals surface area contributed by atoms with Gasteiger partial charge in [-0.15, -0.1) is 0 Å². The molecule has 1 unspecified atom stereocenters. The van der Waals surface area contributed by atoms with Crippen molar-refractivity contribution >= 4 is 0 Å². The second-order valence-corrected chi connectivity index (χ2v) is 5.62. The van der Waals surface area contributed by atoms with E-state index < -0.39 is 0 Å². The minimum absolute atomic E-state index is 0.543. The summed E-state index contributed by atoms with van der Waals surface area (Å²) >= 11 is 0. The van der Waals surface area contributed by atoms with Crippen molar-refractivity contribution < 1.29 is 0 Å². The summed E-state index contributed by atoms with van der Waals surface area (Å²) in [4.78, 5) is 0. The Balaban J connectivity index is 2.05. The molecule has 1 aliphatic heterocycles. The fourth-order valence-electron chi connectivity index (χ4n) is 3.86. The van der Waals surface area contributed by atoms with Gasteiger partial charge < -0.3 is 5.32 Å². The molecule has 15 heavy (non-hydrogen) atoms. The highest BCUT2D eigenvalue weighted by molar-refractivity contribution is 4.97. The van der Waals surface area contributed by atoms with E-state index in [2.05, 4.69) is 12.2 Å². The van der Waals surface area contributed by atoms with Gasteiger partial charge in [0.2, 0.25) is 0 Å². The first-order chi connectivity index (χ1) is 7.37. The first-order valence-electron chi connectivity index (χ1n) is 7.12. The summed E-state index contributed by atoms with van der Waals surface area (Å²) in [5.74, 6) is 0.996. The topological polar surface area (TPSA) is 12.0 Å². The first-order valence-corrected chi connectivity index (χ1v) is 7.12. The van der Waals surface area contributed by atoms with Crippen LogP contribution in [0.5, 0.6) is 0 Å². The molecule has 1 N–H and O–H groups in total. The third-order valence-electron chi connectivity index (χ3n) is 4.61. The van der Waals surface area contributed by atoms with E-state index in [4.69, 9.17) is 0 Å². The summed E-state index contributed by atoms with van der Waals surface area (Å²) in [5, 5.41) is 3.94. The number of nitrogens with one attached hydrogen (secondary N) is 1. The van der Waals surface area contributed by atoms with E-state index in [1.54, 1.807) is 0 Å². The van der Waals surface area contributed by atoms with Crippen LogP contribution in [0.4, 0.5) is 0 Å². The second-order valence-electron chi connectivity index (χ2n) is 5.62. The van der Waals surface area contributed by atoms with Crippen molar-refractivity contribution in [3.05, 3.63) is 0 Å². The van der Waals surface area contributed by atoms with Crippen LogP contribution in [0.25, 0.3) is 0 Å². The molecular formula is C14H27N. The molecule has 0 spiro atoms. The summed E-state index contributed by atoms with van der Waals surface area (Å²) in [6, 6.07) is 0. The van der Waals surface area contributed by atoms with E-state index in [9.17, 15) is 0 Å². The van der Waals surface area contributed by atoms with Crippen LogP contribution in [-0.4, -0.2) is 12.1 Å². The maximum absolute atomic E-state index is 3.94. The van der Waals surface area contributed by atoms with Gasteiger partial charge in [-0.3, -0.25) is 0 Å². The van der Waals surface area contributed by atoms with E-state index in [1.165, 1.54) is 70.8 Å². The molecule has 1 atom stereocenters. The van der Waals surface area contributed by atoms with Crippen molar-refractivity contribution in [2.75, 3.05) is 6.54 Å². The molecule has 0 aromatic heterocycles. The van der Waals surface area contributed by atoms with Crippen molar-refractivity contribution in [2.45, 2.75) is 76.7 Å². The van der Waals surface area contributed by atoms with Crippen molar-refractivity contribution in [2.24, 2.45) is 5.92 Å². The Morgan fingerprint density at radius 3 is 2.60 bits per heavy atom. The van der Waals surface area contributed by atoms with Crippen LogP contribution in [0.1, 0.15) is 71.1 Å². The number of rotatable bonds is 3. The van der Waals surface area contributed by atoms with Gasteiger partial charge in [0, 0.05) is 5.54 Å². The normalized spacial score (nSPS) is 34.2. The predicted octanol–water partition coefficient (Wildman–Crippen LogP) is 3.88. The van der Waals surface area contributed by atoms with Crippen LogP contribution >= 0.6 is 0 Å². The van der Waals surface area contributed by atoms with E-state index in [1.807, 2.05) is 0 Å². The zero-order chi connectivity index (χ0) is 10.6. The lowest BCUT2D eigenvalue weighted by Gasteiger charge is -2.39. The first kappa shape index (κ1) is 11.4. The Labute approximate surface area is 95.0 Å². The lowest BCUT2D eigenvalue weighted by atomic mass is 9.76. The average molecular weight is 209 g/mol. The zero-order valence-electron chi connectivity index (χ0n) is 10.4. The highest BCUT2D eigenvalue weighted by atomic mass is 15.0. The molecular weight excluding hydrogens is 182 g/mol. The minimum atomic E-state index is 0.543. The predicted molar refractivity (Wildman–Crippen MR) is 66.1 cm³/mol. The highest BCUT2D eigenvalue weighted by Gasteiger charge is 2.38. The quantitative estimate of drug-likeness (QED) is 0.744. The summed E-state index contributed by atoms with van der Waals surface area (Å²) in [7, 11) is 0. The largest absolute Gasteiger partial charge is 0.311 e. The second kappa shape index (κ2) is 5.34. The third-order valence-corrected chi connectivity index (χ3v) is 4.61. The summed E-state index contributed by atoms with van der Waals surface area (Å²) in [6.45, 7) is 3.62. The maximum Gasteiger partial charge on any atom is 0.0209 e. The van der Waals surface area contributed by atoms with Gasteiger partial charge in [-0.05, 0) is 44.6 Å². The molecule has 0 bridgehead atoms. The molecule has 1 aliphatic carbocycles. The molecule has 1 saturated heterocycles. The van der Waals surface area contributed by atoms with E-state index in [0.29, 0.717) is 5.54 Å². The van der Waals surface area contributed by atoms with Crippen LogP contribution in [0.15, 0.2) is 0 Å². The molecule has 2 rings (SSSR count). The number of hydrogen-bond donors (Lipinski definition) is 1. The smallest absolute Gasteiger partial charge is 0.0209 e. The molecule has 88 valence electrons. The summed E-state index contributed by atoms with van der Waals surface area (Å²) < 4.78 is 0. The Hall–Kier alpha value is -0.0400. The average Bonchev–Trinajstić information content (AvgIpc) is 2.68. The Kier molecular flexibility index (Phi) is 4.07. The van der Waals surface area contributed by atoms with E-state index in [0.717, 1.165) is 5.92 Å². The highest BCUT2D eigenvalue weighted by Crippen LogP contribution is 2.40.